The molecule has 1 aromatic rings. The molecular formula is C8H6ClO3S-. The summed E-state index contributed by atoms with van der Waals surface area (Å²) in [5.41, 5.74) is 0.385. The lowest BCUT2D eigenvalue weighted by Crippen LogP contribution is -2.12. The third kappa shape index (κ3) is 2.62. The van der Waals surface area contributed by atoms with Crippen molar-refractivity contribution in [1.82, 2.24) is 0 Å². The number of hydrogen-bond acceptors (Lipinski definition) is 3. The molecular weight excluding hydrogens is 212 g/mol. The van der Waals surface area contributed by atoms with Crippen molar-refractivity contribution in [2.45, 2.75) is 5.25 Å². The van der Waals surface area contributed by atoms with Crippen molar-refractivity contribution in [2.75, 3.05) is 0 Å². The molecule has 0 fully saturated rings. The maximum absolute atomic E-state index is 10.8. The Hall–Kier alpha value is -0.710. The lowest BCUT2D eigenvalue weighted by Gasteiger charge is -2.15. The second kappa shape index (κ2) is 4.50. The summed E-state index contributed by atoms with van der Waals surface area (Å²) in [6.45, 7) is 0. The standard InChI is InChI=1S/C8H7ClO3S/c9-8(10)7(13(11)12)6-4-2-1-3-5-6/h1-5,7H,(H,11,12)/p-1. The summed E-state index contributed by atoms with van der Waals surface area (Å²) in [4.78, 5) is 10.8. The number of carbonyl (C=O) groups is 1. The minimum Gasteiger partial charge on any atom is -0.772 e. The minimum atomic E-state index is -2.52. The first-order valence-corrected chi connectivity index (χ1v) is 4.97. The molecule has 0 aliphatic heterocycles. The van der Waals surface area contributed by atoms with Crippen molar-refractivity contribution in [3.63, 3.8) is 0 Å². The molecule has 70 valence electrons. The molecule has 1 aromatic carbocycles. The smallest absolute Gasteiger partial charge is 0.240 e. The van der Waals surface area contributed by atoms with Crippen LogP contribution in [0.5, 0.6) is 0 Å². The Balaban J connectivity index is 3.03. The predicted molar refractivity (Wildman–Crippen MR) is 49.0 cm³/mol. The van der Waals surface area contributed by atoms with Crippen LogP contribution < -0.4 is 0 Å². The van der Waals surface area contributed by atoms with Crippen LogP contribution in [0.2, 0.25) is 0 Å². The first-order valence-electron chi connectivity index (χ1n) is 3.45. The SMILES string of the molecule is O=C(Cl)C(c1ccccc1)S(=O)[O-]. The fourth-order valence-electron chi connectivity index (χ4n) is 0.946. The Morgan fingerprint density at radius 3 is 2.31 bits per heavy atom. The molecule has 2 atom stereocenters. The molecule has 1 rings (SSSR count). The van der Waals surface area contributed by atoms with E-state index < -0.39 is 21.6 Å². The predicted octanol–water partition coefficient (Wildman–Crippen LogP) is 1.37. The van der Waals surface area contributed by atoms with E-state index in [0.717, 1.165) is 0 Å². The van der Waals surface area contributed by atoms with Gasteiger partial charge in [-0.05, 0) is 28.2 Å². The molecule has 0 spiro atoms. The average Bonchev–Trinajstić information content (AvgIpc) is 2.04. The molecule has 0 saturated carbocycles. The number of carbonyl (C=O) groups excluding carboxylic acids is 1. The van der Waals surface area contributed by atoms with E-state index in [-0.39, 0.29) is 0 Å². The molecule has 0 bridgehead atoms. The van der Waals surface area contributed by atoms with E-state index in [1.165, 1.54) is 0 Å². The molecule has 2 unspecified atom stereocenters. The molecule has 0 aliphatic rings. The van der Waals surface area contributed by atoms with Crippen molar-refractivity contribution in [3.05, 3.63) is 35.9 Å². The summed E-state index contributed by atoms with van der Waals surface area (Å²) >= 11 is 2.63. The molecule has 0 saturated heterocycles. The molecule has 3 nitrogen and oxygen atoms in total. The van der Waals surface area contributed by atoms with Gasteiger partial charge in [0, 0.05) is 0 Å². The molecule has 0 radical (unpaired) electrons. The van der Waals surface area contributed by atoms with Crippen LogP contribution in [0.25, 0.3) is 0 Å². The minimum absolute atomic E-state index is 0.385. The summed E-state index contributed by atoms with van der Waals surface area (Å²) < 4.78 is 21.3. The normalized spacial score (nSPS) is 14.9. The Bertz CT molecular complexity index is 311. The number of hydrogen-bond donors (Lipinski definition) is 0. The van der Waals surface area contributed by atoms with Crippen LogP contribution in [-0.2, 0) is 15.9 Å². The maximum Gasteiger partial charge on any atom is 0.240 e. The van der Waals surface area contributed by atoms with Crippen molar-refractivity contribution in [2.24, 2.45) is 0 Å². The molecule has 0 amide bonds. The second-order valence-electron chi connectivity index (χ2n) is 2.36. The van der Waals surface area contributed by atoms with E-state index in [2.05, 4.69) is 0 Å². The number of rotatable bonds is 3. The van der Waals surface area contributed by atoms with Gasteiger partial charge in [-0.25, -0.2) is 0 Å². The van der Waals surface area contributed by atoms with Gasteiger partial charge >= 0.3 is 0 Å². The van der Waals surface area contributed by atoms with Crippen molar-refractivity contribution < 1.29 is 13.6 Å². The Morgan fingerprint density at radius 2 is 1.92 bits per heavy atom. The van der Waals surface area contributed by atoms with Crippen LogP contribution in [0.15, 0.2) is 30.3 Å². The molecule has 13 heavy (non-hydrogen) atoms. The van der Waals surface area contributed by atoms with E-state index in [0.29, 0.717) is 5.56 Å². The zero-order valence-electron chi connectivity index (χ0n) is 6.48. The van der Waals surface area contributed by atoms with Gasteiger partial charge in [0.25, 0.3) is 0 Å². The highest BCUT2D eigenvalue weighted by molar-refractivity contribution is 7.80. The summed E-state index contributed by atoms with van der Waals surface area (Å²) in [7, 11) is 0. The largest absolute Gasteiger partial charge is 0.772 e. The molecule has 0 N–H and O–H groups in total. The van der Waals surface area contributed by atoms with E-state index in [1.807, 2.05) is 0 Å². The summed E-state index contributed by atoms with van der Waals surface area (Å²) in [6.07, 6.45) is 0. The fourth-order valence-corrected chi connectivity index (χ4v) is 1.82. The third-order valence-corrected chi connectivity index (χ3v) is 2.72. The van der Waals surface area contributed by atoms with Crippen LogP contribution in [0.3, 0.4) is 0 Å². The lowest BCUT2D eigenvalue weighted by molar-refractivity contribution is -0.111. The molecule has 5 heteroatoms. The lowest BCUT2D eigenvalue weighted by atomic mass is 10.2. The molecule has 0 aromatic heterocycles. The highest BCUT2D eigenvalue weighted by Crippen LogP contribution is 2.20. The van der Waals surface area contributed by atoms with Crippen LogP contribution in [-0.4, -0.2) is 14.0 Å². The van der Waals surface area contributed by atoms with Crippen molar-refractivity contribution in [1.29, 1.82) is 0 Å². The Labute approximate surface area is 83.0 Å². The number of benzene rings is 1. The van der Waals surface area contributed by atoms with Crippen molar-refractivity contribution in [3.8, 4) is 0 Å². The van der Waals surface area contributed by atoms with Gasteiger partial charge in [0.1, 0.15) is 5.25 Å². The van der Waals surface area contributed by atoms with Crippen LogP contribution in [0.1, 0.15) is 10.8 Å². The fraction of sp³-hybridized carbons (Fsp3) is 0.125. The third-order valence-electron chi connectivity index (χ3n) is 1.50. The van der Waals surface area contributed by atoms with Crippen LogP contribution in [0.4, 0.5) is 0 Å². The van der Waals surface area contributed by atoms with E-state index >= 15 is 0 Å². The summed E-state index contributed by atoms with van der Waals surface area (Å²) in [6, 6.07) is 8.11. The molecule has 0 heterocycles. The summed E-state index contributed by atoms with van der Waals surface area (Å²) in [5.74, 6) is 0. The van der Waals surface area contributed by atoms with E-state index in [4.69, 9.17) is 11.6 Å². The second-order valence-corrected chi connectivity index (χ2v) is 3.72. The first kappa shape index (κ1) is 10.4. The van der Waals surface area contributed by atoms with Gasteiger partial charge in [0.15, 0.2) is 0 Å². The maximum atomic E-state index is 10.8. The average molecular weight is 218 g/mol. The summed E-state index contributed by atoms with van der Waals surface area (Å²) in [5, 5.41) is -2.15. The van der Waals surface area contributed by atoms with Gasteiger partial charge in [-0.3, -0.25) is 9.00 Å². The monoisotopic (exact) mass is 217 g/mol. The highest BCUT2D eigenvalue weighted by Gasteiger charge is 2.18. The van der Waals surface area contributed by atoms with Gasteiger partial charge in [0.2, 0.25) is 5.24 Å². The zero-order valence-corrected chi connectivity index (χ0v) is 8.05. The first-order chi connectivity index (χ1) is 6.13. The van der Waals surface area contributed by atoms with Crippen LogP contribution in [0, 0.1) is 0 Å². The van der Waals surface area contributed by atoms with Gasteiger partial charge < -0.3 is 4.55 Å². The topological polar surface area (TPSA) is 57.2 Å². The quantitative estimate of drug-likeness (QED) is 0.568. The highest BCUT2D eigenvalue weighted by atomic mass is 35.5. The van der Waals surface area contributed by atoms with Crippen LogP contribution >= 0.6 is 11.6 Å². The van der Waals surface area contributed by atoms with Crippen molar-refractivity contribution >= 4 is 27.9 Å². The van der Waals surface area contributed by atoms with Gasteiger partial charge in [0.05, 0.1) is 0 Å². The van der Waals surface area contributed by atoms with Gasteiger partial charge in [-0.15, -0.1) is 0 Å². The Kier molecular flexibility index (Phi) is 3.59. The number of halogens is 1. The van der Waals surface area contributed by atoms with Gasteiger partial charge in [-0.1, -0.05) is 30.3 Å². The Morgan fingerprint density at radius 1 is 1.38 bits per heavy atom. The van der Waals surface area contributed by atoms with E-state index in [9.17, 15) is 13.6 Å². The molecule has 0 aliphatic carbocycles. The zero-order chi connectivity index (χ0) is 9.84. The van der Waals surface area contributed by atoms with E-state index in [1.54, 1.807) is 30.3 Å². The van der Waals surface area contributed by atoms with Gasteiger partial charge in [-0.2, -0.15) is 0 Å².